The number of amides is 2. The smallest absolute Gasteiger partial charge is 0.228 e. The molecule has 8 heteroatoms. The zero-order valence-electron chi connectivity index (χ0n) is 18.0. The molecule has 0 aliphatic carbocycles. The van der Waals surface area contributed by atoms with Crippen LogP contribution in [0.15, 0.2) is 48.5 Å². The van der Waals surface area contributed by atoms with Crippen LogP contribution in [-0.4, -0.2) is 55.8 Å². The van der Waals surface area contributed by atoms with Crippen molar-refractivity contribution in [3.63, 3.8) is 0 Å². The molecule has 2 aliphatic heterocycles. The Morgan fingerprint density at radius 1 is 1.09 bits per heavy atom. The first kappa shape index (κ1) is 22.1. The predicted molar refractivity (Wildman–Crippen MR) is 122 cm³/mol. The van der Waals surface area contributed by atoms with Crippen molar-refractivity contribution in [3.05, 3.63) is 59.1 Å². The van der Waals surface area contributed by atoms with Gasteiger partial charge in [0.05, 0.1) is 13.5 Å². The lowest BCUT2D eigenvalue weighted by atomic mass is 9.83. The number of piperazine rings is 1. The van der Waals surface area contributed by atoms with E-state index >= 15 is 0 Å². The summed E-state index contributed by atoms with van der Waals surface area (Å²) in [4.78, 5) is 41.8. The number of hydrogen-bond acceptors (Lipinski definition) is 5. The highest BCUT2D eigenvalue weighted by Crippen LogP contribution is 2.34. The summed E-state index contributed by atoms with van der Waals surface area (Å²) in [7, 11) is 1.57. The summed E-state index contributed by atoms with van der Waals surface area (Å²) in [6.07, 6.45) is 0.241. The predicted octanol–water partition coefficient (Wildman–Crippen LogP) is 2.76. The number of rotatable bonds is 6. The molecular formula is C24H26ClN3O4. The van der Waals surface area contributed by atoms with Crippen molar-refractivity contribution in [2.75, 3.05) is 38.2 Å². The monoisotopic (exact) mass is 455 g/mol. The average Bonchev–Trinajstić information content (AvgIpc) is 3.11. The second kappa shape index (κ2) is 9.20. The molecule has 0 spiro atoms. The number of nitrogens with zero attached hydrogens (tertiary/aromatic N) is 2. The zero-order valence-corrected chi connectivity index (χ0v) is 18.7. The average molecular weight is 456 g/mol. The van der Waals surface area contributed by atoms with Crippen molar-refractivity contribution in [2.24, 2.45) is 0 Å². The molecule has 2 aromatic carbocycles. The van der Waals surface area contributed by atoms with Gasteiger partial charge >= 0.3 is 0 Å². The number of ketones is 1. The first-order chi connectivity index (χ1) is 15.4. The van der Waals surface area contributed by atoms with Crippen LogP contribution in [0.2, 0.25) is 5.02 Å². The zero-order chi connectivity index (χ0) is 22.7. The van der Waals surface area contributed by atoms with Gasteiger partial charge in [-0.2, -0.15) is 0 Å². The fourth-order valence-electron chi connectivity index (χ4n) is 4.44. The molecule has 7 nitrogen and oxygen atoms in total. The lowest BCUT2D eigenvalue weighted by Gasteiger charge is -2.37. The molecule has 2 saturated heterocycles. The minimum Gasteiger partial charge on any atom is -0.497 e. The number of halogens is 1. The van der Waals surface area contributed by atoms with E-state index in [1.54, 1.807) is 31.4 Å². The molecule has 32 heavy (non-hydrogen) atoms. The summed E-state index contributed by atoms with van der Waals surface area (Å²) in [5, 5.41) is 3.53. The molecule has 0 saturated carbocycles. The fourth-order valence-corrected chi connectivity index (χ4v) is 4.63. The second-order valence-corrected chi connectivity index (χ2v) is 8.57. The topological polar surface area (TPSA) is 79.0 Å². The Morgan fingerprint density at radius 2 is 1.81 bits per heavy atom. The van der Waals surface area contributed by atoms with Crippen molar-refractivity contribution >= 4 is 34.9 Å². The summed E-state index contributed by atoms with van der Waals surface area (Å²) >= 11 is 6.09. The Bertz CT molecular complexity index is 1020. The molecule has 168 valence electrons. The van der Waals surface area contributed by atoms with Gasteiger partial charge in [-0.15, -0.1) is 0 Å². The molecule has 2 aromatic rings. The molecule has 1 N–H and O–H groups in total. The molecule has 1 unspecified atom stereocenters. The molecule has 0 radical (unpaired) electrons. The van der Waals surface area contributed by atoms with Crippen molar-refractivity contribution in [2.45, 2.75) is 24.8 Å². The normalized spacial score (nSPS) is 20.9. The third-order valence-corrected chi connectivity index (χ3v) is 6.49. The minimum atomic E-state index is -1.17. The van der Waals surface area contributed by atoms with Crippen molar-refractivity contribution in [1.29, 1.82) is 0 Å². The van der Waals surface area contributed by atoms with Crippen molar-refractivity contribution in [1.82, 2.24) is 10.2 Å². The number of benzene rings is 2. The molecule has 0 aromatic heterocycles. The number of anilines is 1. The highest BCUT2D eigenvalue weighted by atomic mass is 35.5. The maximum absolute atomic E-state index is 13.0. The number of carbonyl (C=O) groups excluding carboxylic acids is 3. The van der Waals surface area contributed by atoms with Crippen LogP contribution in [0.25, 0.3) is 0 Å². The van der Waals surface area contributed by atoms with Crippen LogP contribution in [0.3, 0.4) is 0 Å². The number of methoxy groups -OCH3 is 1. The third kappa shape index (κ3) is 4.43. The SMILES string of the molecule is COc1ccc(C2(CCC(=O)N3CCN(c4cccc(Cl)c4)CC3)NC(=O)CC2=O)cc1. The number of Topliss-reactive ketones (excluding diaryl/α,β-unsaturated/α-hetero) is 1. The lowest BCUT2D eigenvalue weighted by Crippen LogP contribution is -2.50. The Balaban J connectivity index is 1.41. The highest BCUT2D eigenvalue weighted by molar-refractivity contribution is 6.30. The number of carbonyl (C=O) groups is 3. The summed E-state index contributed by atoms with van der Waals surface area (Å²) < 4.78 is 5.19. The van der Waals surface area contributed by atoms with Crippen molar-refractivity contribution in [3.8, 4) is 5.75 Å². The van der Waals surface area contributed by atoms with Gasteiger partial charge in [-0.1, -0.05) is 29.8 Å². The second-order valence-electron chi connectivity index (χ2n) is 8.13. The van der Waals surface area contributed by atoms with Gasteiger partial charge in [0.1, 0.15) is 11.3 Å². The number of hydrogen-bond donors (Lipinski definition) is 1. The van der Waals surface area contributed by atoms with Gasteiger partial charge in [0.25, 0.3) is 0 Å². The van der Waals surface area contributed by atoms with E-state index in [1.165, 1.54) is 0 Å². The van der Waals surface area contributed by atoms with Crippen LogP contribution in [0.5, 0.6) is 5.75 Å². The van der Waals surface area contributed by atoms with E-state index in [4.69, 9.17) is 16.3 Å². The molecule has 2 aliphatic rings. The first-order valence-electron chi connectivity index (χ1n) is 10.7. The molecular weight excluding hydrogens is 430 g/mol. The van der Waals surface area contributed by atoms with Gasteiger partial charge in [-0.3, -0.25) is 14.4 Å². The van der Waals surface area contributed by atoms with E-state index in [9.17, 15) is 14.4 Å². The van der Waals surface area contributed by atoms with E-state index < -0.39 is 5.54 Å². The van der Waals surface area contributed by atoms with Crippen LogP contribution < -0.4 is 15.0 Å². The van der Waals surface area contributed by atoms with Gasteiger partial charge in [0.15, 0.2) is 5.78 Å². The molecule has 2 amide bonds. The molecule has 1 atom stereocenters. The van der Waals surface area contributed by atoms with Gasteiger partial charge in [-0.25, -0.2) is 0 Å². The van der Waals surface area contributed by atoms with E-state index in [2.05, 4.69) is 10.2 Å². The minimum absolute atomic E-state index is 0.0161. The third-order valence-electron chi connectivity index (χ3n) is 6.25. The summed E-state index contributed by atoms with van der Waals surface area (Å²) in [6.45, 7) is 2.62. The van der Waals surface area contributed by atoms with E-state index in [0.717, 1.165) is 5.69 Å². The number of ether oxygens (including phenoxy) is 1. The molecule has 0 bridgehead atoms. The standard InChI is InChI=1S/C24H26ClN3O4/c1-32-20-7-5-17(6-8-20)24(21(29)16-22(30)26-24)10-9-23(31)28-13-11-27(12-14-28)19-4-2-3-18(25)15-19/h2-8,15H,9-14,16H2,1H3,(H,26,30). The van der Waals surface area contributed by atoms with Gasteiger partial charge in [0, 0.05) is 43.3 Å². The Hall–Kier alpha value is -3.06. The van der Waals surface area contributed by atoms with Gasteiger partial charge < -0.3 is 19.9 Å². The first-order valence-corrected chi connectivity index (χ1v) is 11.1. The summed E-state index contributed by atoms with van der Waals surface area (Å²) in [5.41, 5.74) is 0.553. The maximum atomic E-state index is 13.0. The molecule has 2 heterocycles. The Morgan fingerprint density at radius 3 is 2.41 bits per heavy atom. The summed E-state index contributed by atoms with van der Waals surface area (Å²) in [6, 6.07) is 14.8. The van der Waals surface area contributed by atoms with E-state index in [-0.39, 0.29) is 36.9 Å². The van der Waals surface area contributed by atoms with Gasteiger partial charge in [0.2, 0.25) is 11.8 Å². The van der Waals surface area contributed by atoms with Crippen LogP contribution in [-0.2, 0) is 19.9 Å². The maximum Gasteiger partial charge on any atom is 0.228 e. The molecule has 2 fully saturated rings. The Labute approximate surface area is 192 Å². The number of nitrogens with one attached hydrogen (secondary N) is 1. The fraction of sp³-hybridized carbons (Fsp3) is 0.375. The molecule has 4 rings (SSSR count). The highest BCUT2D eigenvalue weighted by Gasteiger charge is 2.47. The van der Waals surface area contributed by atoms with E-state index in [0.29, 0.717) is 42.5 Å². The largest absolute Gasteiger partial charge is 0.497 e. The van der Waals surface area contributed by atoms with E-state index in [1.807, 2.05) is 29.2 Å². The van der Waals surface area contributed by atoms with Crippen LogP contribution in [0.1, 0.15) is 24.8 Å². The Kier molecular flexibility index (Phi) is 6.37. The van der Waals surface area contributed by atoms with Crippen LogP contribution in [0, 0.1) is 0 Å². The quantitative estimate of drug-likeness (QED) is 0.677. The van der Waals surface area contributed by atoms with Crippen LogP contribution in [0.4, 0.5) is 5.69 Å². The van der Waals surface area contributed by atoms with Gasteiger partial charge in [-0.05, 0) is 42.3 Å². The summed E-state index contributed by atoms with van der Waals surface area (Å²) in [5.74, 6) is 0.131. The lowest BCUT2D eigenvalue weighted by molar-refractivity contribution is -0.132. The van der Waals surface area contributed by atoms with Crippen molar-refractivity contribution < 1.29 is 19.1 Å². The van der Waals surface area contributed by atoms with Crippen LogP contribution >= 0.6 is 11.6 Å².